The molecule has 5 nitrogen and oxygen atoms in total. The molecule has 0 spiro atoms. The summed E-state index contributed by atoms with van der Waals surface area (Å²) >= 11 is 0. The highest BCUT2D eigenvalue weighted by Gasteiger charge is 2.26. The van der Waals surface area contributed by atoms with E-state index in [0.717, 1.165) is 24.2 Å². The van der Waals surface area contributed by atoms with Gasteiger partial charge in [-0.1, -0.05) is 0 Å². The fourth-order valence-electron chi connectivity index (χ4n) is 2.24. The van der Waals surface area contributed by atoms with Crippen molar-refractivity contribution < 1.29 is 9.50 Å². The van der Waals surface area contributed by atoms with E-state index in [2.05, 4.69) is 20.6 Å². The number of aliphatic hydroxyl groups excluding tert-OH is 1. The van der Waals surface area contributed by atoms with E-state index in [0.29, 0.717) is 29.8 Å². The SMILES string of the molecule is Cc1cc(Nc2cc(C3CC3)nc(NCCO)n2)ccc1F. The minimum Gasteiger partial charge on any atom is -0.395 e. The fraction of sp³-hybridized carbons (Fsp3) is 0.375. The van der Waals surface area contributed by atoms with Gasteiger partial charge in [0, 0.05) is 24.2 Å². The van der Waals surface area contributed by atoms with Crippen LogP contribution in [0.3, 0.4) is 0 Å². The lowest BCUT2D eigenvalue weighted by molar-refractivity contribution is 0.311. The Morgan fingerprint density at radius 1 is 1.27 bits per heavy atom. The van der Waals surface area contributed by atoms with Gasteiger partial charge in [-0.3, -0.25) is 0 Å². The monoisotopic (exact) mass is 302 g/mol. The predicted octanol–water partition coefficient (Wildman–Crippen LogP) is 2.95. The summed E-state index contributed by atoms with van der Waals surface area (Å²) in [6.07, 6.45) is 2.29. The number of hydrogen-bond donors (Lipinski definition) is 3. The molecule has 1 aromatic carbocycles. The summed E-state index contributed by atoms with van der Waals surface area (Å²) in [4.78, 5) is 8.86. The fourth-order valence-corrected chi connectivity index (χ4v) is 2.24. The van der Waals surface area contributed by atoms with Gasteiger partial charge in [0.1, 0.15) is 11.6 Å². The third-order valence-corrected chi connectivity index (χ3v) is 3.57. The number of hydrogen-bond acceptors (Lipinski definition) is 5. The average Bonchev–Trinajstić information content (AvgIpc) is 3.33. The number of halogens is 1. The van der Waals surface area contributed by atoms with E-state index in [1.54, 1.807) is 19.1 Å². The predicted molar refractivity (Wildman–Crippen MR) is 84.0 cm³/mol. The zero-order valence-corrected chi connectivity index (χ0v) is 12.4. The Morgan fingerprint density at radius 2 is 2.09 bits per heavy atom. The normalized spacial score (nSPS) is 14.0. The minimum absolute atomic E-state index is 0.0247. The van der Waals surface area contributed by atoms with E-state index in [9.17, 15) is 4.39 Å². The average molecular weight is 302 g/mol. The number of aliphatic hydroxyl groups is 1. The lowest BCUT2D eigenvalue weighted by Gasteiger charge is -2.11. The van der Waals surface area contributed by atoms with Gasteiger partial charge in [-0.2, -0.15) is 4.98 Å². The molecule has 0 radical (unpaired) electrons. The molecule has 1 fully saturated rings. The molecule has 1 aliphatic rings. The topological polar surface area (TPSA) is 70.1 Å². The van der Waals surface area contributed by atoms with Crippen molar-refractivity contribution >= 4 is 17.5 Å². The lowest BCUT2D eigenvalue weighted by atomic mass is 10.2. The highest BCUT2D eigenvalue weighted by atomic mass is 19.1. The third kappa shape index (κ3) is 3.51. The molecular weight excluding hydrogens is 283 g/mol. The summed E-state index contributed by atoms with van der Waals surface area (Å²) in [6, 6.07) is 6.79. The smallest absolute Gasteiger partial charge is 0.224 e. The second kappa shape index (κ2) is 6.27. The second-order valence-electron chi connectivity index (χ2n) is 5.52. The number of aromatic nitrogens is 2. The third-order valence-electron chi connectivity index (χ3n) is 3.57. The minimum atomic E-state index is -0.225. The Bertz CT molecular complexity index is 673. The molecule has 116 valence electrons. The van der Waals surface area contributed by atoms with Gasteiger partial charge < -0.3 is 15.7 Å². The first-order valence-corrected chi connectivity index (χ1v) is 7.42. The van der Waals surface area contributed by atoms with E-state index >= 15 is 0 Å². The van der Waals surface area contributed by atoms with Gasteiger partial charge in [-0.25, -0.2) is 9.37 Å². The Kier molecular flexibility index (Phi) is 4.20. The molecule has 6 heteroatoms. The molecule has 1 aliphatic carbocycles. The molecule has 1 heterocycles. The van der Waals surface area contributed by atoms with Crippen LogP contribution >= 0.6 is 0 Å². The number of anilines is 3. The van der Waals surface area contributed by atoms with Crippen LogP contribution in [-0.4, -0.2) is 28.2 Å². The summed E-state index contributed by atoms with van der Waals surface area (Å²) in [5.41, 5.74) is 2.37. The van der Waals surface area contributed by atoms with Gasteiger partial charge in [0.05, 0.1) is 12.3 Å². The van der Waals surface area contributed by atoms with Crippen LogP contribution in [0.25, 0.3) is 0 Å². The van der Waals surface area contributed by atoms with Gasteiger partial charge in [0.2, 0.25) is 5.95 Å². The standard InChI is InChI=1S/C16H19FN4O/c1-10-8-12(4-5-13(10)17)19-15-9-14(11-2-3-11)20-16(21-15)18-6-7-22/h4-5,8-9,11,22H,2-3,6-7H2,1H3,(H2,18,19,20,21). The molecule has 0 atom stereocenters. The summed E-state index contributed by atoms with van der Waals surface area (Å²) in [6.45, 7) is 2.16. The molecule has 3 N–H and O–H groups in total. The summed E-state index contributed by atoms with van der Waals surface area (Å²) in [7, 11) is 0. The van der Waals surface area contributed by atoms with Crippen LogP contribution in [-0.2, 0) is 0 Å². The molecule has 0 saturated heterocycles. The molecule has 0 amide bonds. The Balaban J connectivity index is 1.84. The maximum Gasteiger partial charge on any atom is 0.224 e. The van der Waals surface area contributed by atoms with Crippen molar-refractivity contribution in [3.8, 4) is 0 Å². The Labute approximate surface area is 128 Å². The van der Waals surface area contributed by atoms with Crippen LogP contribution in [0.1, 0.15) is 30.0 Å². The summed E-state index contributed by atoms with van der Waals surface area (Å²) in [5, 5.41) is 15.1. The van der Waals surface area contributed by atoms with Crippen LogP contribution in [0, 0.1) is 12.7 Å². The van der Waals surface area contributed by atoms with Crippen molar-refractivity contribution in [1.82, 2.24) is 9.97 Å². The molecule has 3 rings (SSSR count). The van der Waals surface area contributed by atoms with Crippen molar-refractivity contribution in [2.75, 3.05) is 23.8 Å². The van der Waals surface area contributed by atoms with Crippen LogP contribution in [0.2, 0.25) is 0 Å². The molecule has 0 unspecified atom stereocenters. The largest absolute Gasteiger partial charge is 0.395 e. The lowest BCUT2D eigenvalue weighted by Crippen LogP contribution is -2.10. The van der Waals surface area contributed by atoms with Crippen molar-refractivity contribution in [3.63, 3.8) is 0 Å². The number of rotatable bonds is 6. The molecule has 1 aromatic heterocycles. The van der Waals surface area contributed by atoms with Crippen LogP contribution in [0.4, 0.5) is 21.8 Å². The molecule has 22 heavy (non-hydrogen) atoms. The van der Waals surface area contributed by atoms with E-state index in [4.69, 9.17) is 5.11 Å². The highest BCUT2D eigenvalue weighted by Crippen LogP contribution is 2.40. The molecule has 2 aromatic rings. The van der Waals surface area contributed by atoms with E-state index < -0.39 is 0 Å². The molecule has 0 aliphatic heterocycles. The van der Waals surface area contributed by atoms with Gasteiger partial charge in [0.15, 0.2) is 0 Å². The van der Waals surface area contributed by atoms with Crippen molar-refractivity contribution in [2.45, 2.75) is 25.7 Å². The zero-order chi connectivity index (χ0) is 15.5. The van der Waals surface area contributed by atoms with Gasteiger partial charge >= 0.3 is 0 Å². The molecule has 1 saturated carbocycles. The number of benzene rings is 1. The number of nitrogens with one attached hydrogen (secondary N) is 2. The van der Waals surface area contributed by atoms with E-state index in [1.807, 2.05) is 6.07 Å². The van der Waals surface area contributed by atoms with Gasteiger partial charge in [-0.05, 0) is 43.5 Å². The first-order chi connectivity index (χ1) is 10.7. The first-order valence-electron chi connectivity index (χ1n) is 7.42. The molecular formula is C16H19FN4O. The summed E-state index contributed by atoms with van der Waals surface area (Å²) in [5.74, 6) is 1.44. The number of aryl methyl sites for hydroxylation is 1. The zero-order valence-electron chi connectivity index (χ0n) is 12.4. The van der Waals surface area contributed by atoms with E-state index in [-0.39, 0.29) is 12.4 Å². The first kappa shape index (κ1) is 14.7. The van der Waals surface area contributed by atoms with E-state index in [1.165, 1.54) is 6.07 Å². The van der Waals surface area contributed by atoms with Crippen molar-refractivity contribution in [3.05, 3.63) is 41.3 Å². The number of nitrogens with zero attached hydrogens (tertiary/aromatic N) is 2. The Morgan fingerprint density at radius 3 is 2.77 bits per heavy atom. The highest BCUT2D eigenvalue weighted by molar-refractivity contribution is 5.59. The molecule has 0 bridgehead atoms. The van der Waals surface area contributed by atoms with Gasteiger partial charge in [0.25, 0.3) is 0 Å². The van der Waals surface area contributed by atoms with Crippen LogP contribution in [0.15, 0.2) is 24.3 Å². The maximum atomic E-state index is 13.3. The maximum absolute atomic E-state index is 13.3. The van der Waals surface area contributed by atoms with Gasteiger partial charge in [-0.15, -0.1) is 0 Å². The quantitative estimate of drug-likeness (QED) is 0.765. The summed E-state index contributed by atoms with van der Waals surface area (Å²) < 4.78 is 13.3. The van der Waals surface area contributed by atoms with Crippen molar-refractivity contribution in [1.29, 1.82) is 0 Å². The Hall–Kier alpha value is -2.21. The van der Waals surface area contributed by atoms with Crippen LogP contribution in [0.5, 0.6) is 0 Å². The van der Waals surface area contributed by atoms with Crippen molar-refractivity contribution in [2.24, 2.45) is 0 Å². The van der Waals surface area contributed by atoms with Crippen LogP contribution < -0.4 is 10.6 Å². The second-order valence-corrected chi connectivity index (χ2v) is 5.52.